The van der Waals surface area contributed by atoms with Crippen molar-refractivity contribution in [3.8, 4) is 0 Å². The Balaban J connectivity index is 1.59. The highest BCUT2D eigenvalue weighted by Crippen LogP contribution is 2.16. The summed E-state index contributed by atoms with van der Waals surface area (Å²) < 4.78 is 1.82. The number of likely N-dealkylation sites (tertiary alicyclic amines) is 1. The van der Waals surface area contributed by atoms with Gasteiger partial charge in [0.25, 0.3) is 0 Å². The minimum atomic E-state index is -0.150. The SMILES string of the molecule is O=C(CCN1CCCCCC1=O)N[C@H](Cn1cccn1)c1ccccc1. The van der Waals surface area contributed by atoms with Gasteiger partial charge < -0.3 is 10.2 Å². The second-order valence-electron chi connectivity index (χ2n) is 6.70. The van der Waals surface area contributed by atoms with Crippen LogP contribution in [0, 0.1) is 0 Å². The van der Waals surface area contributed by atoms with Crippen LogP contribution in [0.15, 0.2) is 48.8 Å². The van der Waals surface area contributed by atoms with E-state index in [4.69, 9.17) is 0 Å². The normalized spacial score (nSPS) is 16.2. The van der Waals surface area contributed by atoms with Crippen LogP contribution in [-0.4, -0.2) is 39.6 Å². The summed E-state index contributed by atoms with van der Waals surface area (Å²) in [5, 5.41) is 7.34. The highest BCUT2D eigenvalue weighted by Gasteiger charge is 2.19. The average molecular weight is 354 g/mol. The summed E-state index contributed by atoms with van der Waals surface area (Å²) >= 11 is 0. The van der Waals surface area contributed by atoms with Crippen molar-refractivity contribution < 1.29 is 9.59 Å². The summed E-state index contributed by atoms with van der Waals surface area (Å²) in [6.45, 7) is 1.83. The Hall–Kier alpha value is -2.63. The Morgan fingerprint density at radius 2 is 2.00 bits per heavy atom. The minimum absolute atomic E-state index is 0.0388. The molecule has 26 heavy (non-hydrogen) atoms. The molecule has 3 rings (SSSR count). The summed E-state index contributed by atoms with van der Waals surface area (Å²) in [7, 11) is 0. The summed E-state index contributed by atoms with van der Waals surface area (Å²) in [5.74, 6) is 0.134. The molecule has 2 amide bonds. The zero-order chi connectivity index (χ0) is 18.2. The Bertz CT molecular complexity index is 700. The maximum Gasteiger partial charge on any atom is 0.222 e. The van der Waals surface area contributed by atoms with Crippen molar-refractivity contribution in [1.29, 1.82) is 0 Å². The van der Waals surface area contributed by atoms with E-state index in [0.29, 0.717) is 25.9 Å². The monoisotopic (exact) mass is 354 g/mol. The van der Waals surface area contributed by atoms with Crippen LogP contribution in [0.2, 0.25) is 0 Å². The Labute approximate surface area is 154 Å². The summed E-state index contributed by atoms with van der Waals surface area (Å²) in [5.41, 5.74) is 1.04. The molecular formula is C20H26N4O2. The van der Waals surface area contributed by atoms with Gasteiger partial charge in [-0.3, -0.25) is 14.3 Å². The number of nitrogens with zero attached hydrogens (tertiary/aromatic N) is 3. The van der Waals surface area contributed by atoms with Crippen LogP contribution in [0.25, 0.3) is 0 Å². The fourth-order valence-electron chi connectivity index (χ4n) is 3.29. The first kappa shape index (κ1) is 18.2. The topological polar surface area (TPSA) is 67.2 Å². The van der Waals surface area contributed by atoms with Crippen molar-refractivity contribution in [3.63, 3.8) is 0 Å². The lowest BCUT2D eigenvalue weighted by atomic mass is 10.1. The molecule has 2 aromatic rings. The molecule has 6 nitrogen and oxygen atoms in total. The number of amides is 2. The number of carbonyl (C=O) groups excluding carboxylic acids is 2. The number of carbonyl (C=O) groups is 2. The van der Waals surface area contributed by atoms with Gasteiger partial charge in [-0.15, -0.1) is 0 Å². The van der Waals surface area contributed by atoms with Crippen LogP contribution >= 0.6 is 0 Å². The lowest BCUT2D eigenvalue weighted by Gasteiger charge is -2.22. The second kappa shape index (κ2) is 9.17. The fraction of sp³-hybridized carbons (Fsp3) is 0.450. The number of aromatic nitrogens is 2. The van der Waals surface area contributed by atoms with Crippen molar-refractivity contribution in [2.24, 2.45) is 0 Å². The van der Waals surface area contributed by atoms with E-state index < -0.39 is 0 Å². The van der Waals surface area contributed by atoms with Crippen LogP contribution in [-0.2, 0) is 16.1 Å². The Morgan fingerprint density at radius 1 is 1.15 bits per heavy atom. The quantitative estimate of drug-likeness (QED) is 0.831. The van der Waals surface area contributed by atoms with Crippen molar-refractivity contribution in [3.05, 3.63) is 54.4 Å². The first-order chi connectivity index (χ1) is 12.7. The van der Waals surface area contributed by atoms with Crippen molar-refractivity contribution >= 4 is 11.8 Å². The lowest BCUT2D eigenvalue weighted by Crippen LogP contribution is -2.37. The van der Waals surface area contributed by atoms with Gasteiger partial charge in [0.1, 0.15) is 0 Å². The van der Waals surface area contributed by atoms with Gasteiger partial charge in [-0.25, -0.2) is 0 Å². The number of benzene rings is 1. The molecule has 0 aliphatic carbocycles. The zero-order valence-corrected chi connectivity index (χ0v) is 15.0. The van der Waals surface area contributed by atoms with Crippen LogP contribution in [0.1, 0.15) is 43.7 Å². The predicted octanol–water partition coefficient (Wildman–Crippen LogP) is 2.53. The third kappa shape index (κ3) is 5.18. The van der Waals surface area contributed by atoms with Gasteiger partial charge in [-0.1, -0.05) is 36.8 Å². The molecule has 1 aromatic carbocycles. The molecule has 0 spiro atoms. The molecule has 1 fully saturated rings. The average Bonchev–Trinajstić information content (AvgIpc) is 3.08. The lowest BCUT2D eigenvalue weighted by molar-refractivity contribution is -0.131. The number of rotatable bonds is 7. The number of nitrogens with one attached hydrogen (secondary N) is 1. The fourth-order valence-corrected chi connectivity index (χ4v) is 3.29. The minimum Gasteiger partial charge on any atom is -0.347 e. The van der Waals surface area contributed by atoms with Crippen LogP contribution < -0.4 is 5.32 Å². The summed E-state index contributed by atoms with van der Waals surface area (Å²) in [6.07, 6.45) is 7.63. The maximum atomic E-state index is 12.5. The molecule has 1 N–H and O–H groups in total. The molecule has 138 valence electrons. The molecule has 0 unspecified atom stereocenters. The van der Waals surface area contributed by atoms with Crippen LogP contribution in [0.3, 0.4) is 0 Å². The second-order valence-corrected chi connectivity index (χ2v) is 6.70. The van der Waals surface area contributed by atoms with E-state index in [1.165, 1.54) is 0 Å². The Morgan fingerprint density at radius 3 is 2.77 bits per heavy atom. The molecule has 1 atom stereocenters. The van der Waals surface area contributed by atoms with Gasteiger partial charge in [0, 0.05) is 38.3 Å². The largest absolute Gasteiger partial charge is 0.347 e. The maximum absolute atomic E-state index is 12.5. The van der Waals surface area contributed by atoms with E-state index >= 15 is 0 Å². The van der Waals surface area contributed by atoms with Gasteiger partial charge in [-0.2, -0.15) is 5.10 Å². The first-order valence-corrected chi connectivity index (χ1v) is 9.32. The highest BCUT2D eigenvalue weighted by atomic mass is 16.2. The molecule has 0 radical (unpaired) electrons. The van der Waals surface area contributed by atoms with E-state index in [-0.39, 0.29) is 17.9 Å². The van der Waals surface area contributed by atoms with Crippen LogP contribution in [0.5, 0.6) is 0 Å². The molecule has 0 saturated carbocycles. The van der Waals surface area contributed by atoms with Gasteiger partial charge >= 0.3 is 0 Å². The van der Waals surface area contributed by atoms with E-state index in [1.54, 1.807) is 6.20 Å². The highest BCUT2D eigenvalue weighted by molar-refractivity contribution is 5.79. The molecule has 0 bridgehead atoms. The Kier molecular flexibility index (Phi) is 6.41. The van der Waals surface area contributed by atoms with Crippen molar-refractivity contribution in [2.75, 3.05) is 13.1 Å². The van der Waals surface area contributed by atoms with E-state index in [2.05, 4.69) is 10.4 Å². The summed E-state index contributed by atoms with van der Waals surface area (Å²) in [4.78, 5) is 26.4. The van der Waals surface area contributed by atoms with Gasteiger partial charge in [0.15, 0.2) is 0 Å². The zero-order valence-electron chi connectivity index (χ0n) is 15.0. The third-order valence-corrected chi connectivity index (χ3v) is 4.75. The molecule has 1 saturated heterocycles. The third-order valence-electron chi connectivity index (χ3n) is 4.75. The van der Waals surface area contributed by atoms with Gasteiger partial charge in [0.05, 0.1) is 12.6 Å². The van der Waals surface area contributed by atoms with E-state index in [1.807, 2.05) is 52.2 Å². The van der Waals surface area contributed by atoms with E-state index in [9.17, 15) is 9.59 Å². The molecule has 1 aliphatic heterocycles. The van der Waals surface area contributed by atoms with Gasteiger partial charge in [0.2, 0.25) is 11.8 Å². The standard InChI is InChI=1S/C20H26N4O2/c25-19(11-15-23-13-6-2-5-10-20(23)26)22-18(16-24-14-7-12-21-24)17-8-3-1-4-9-17/h1,3-4,7-9,12,14,18H,2,5-6,10-11,13,15-16H2,(H,22,25)/t18-/m1/s1. The molecule has 1 aliphatic rings. The molecule has 1 aromatic heterocycles. The molecular weight excluding hydrogens is 328 g/mol. The summed E-state index contributed by atoms with van der Waals surface area (Å²) in [6, 6.07) is 11.6. The first-order valence-electron chi connectivity index (χ1n) is 9.32. The number of hydrogen-bond acceptors (Lipinski definition) is 3. The van der Waals surface area contributed by atoms with E-state index in [0.717, 1.165) is 31.4 Å². The van der Waals surface area contributed by atoms with Crippen LogP contribution in [0.4, 0.5) is 0 Å². The molecule has 6 heteroatoms. The molecule has 2 heterocycles. The van der Waals surface area contributed by atoms with Gasteiger partial charge in [-0.05, 0) is 24.5 Å². The smallest absolute Gasteiger partial charge is 0.222 e. The number of hydrogen-bond donors (Lipinski definition) is 1. The predicted molar refractivity (Wildman–Crippen MR) is 99.2 cm³/mol. The van der Waals surface area contributed by atoms with Crippen molar-refractivity contribution in [1.82, 2.24) is 20.0 Å². The van der Waals surface area contributed by atoms with Crippen molar-refractivity contribution in [2.45, 2.75) is 44.7 Å².